The first kappa shape index (κ1) is 21.4. The van der Waals surface area contributed by atoms with Gasteiger partial charge >= 0.3 is 0 Å². The fraction of sp³-hybridized carbons (Fsp3) is 0.409. The van der Waals surface area contributed by atoms with Gasteiger partial charge in [0.25, 0.3) is 11.6 Å². The van der Waals surface area contributed by atoms with Gasteiger partial charge < -0.3 is 19.7 Å². The zero-order valence-corrected chi connectivity index (χ0v) is 17.5. The number of carbonyl (C=O) groups is 1. The minimum Gasteiger partial charge on any atom is -0.497 e. The number of benzene rings is 2. The topological polar surface area (TPSA) is 93.9 Å². The molecule has 1 fully saturated rings. The molecule has 1 amide bonds. The first-order chi connectivity index (χ1) is 14.4. The highest BCUT2D eigenvalue weighted by Gasteiger charge is 2.25. The van der Waals surface area contributed by atoms with Gasteiger partial charge in [-0.15, -0.1) is 0 Å². The Hall–Kier alpha value is -3.29. The molecule has 0 bridgehead atoms. The number of nitro groups is 1. The number of nitrogens with zero attached hydrogens (tertiary/aromatic N) is 2. The third-order valence-electron chi connectivity index (χ3n) is 5.29. The van der Waals surface area contributed by atoms with E-state index < -0.39 is 10.8 Å². The zero-order chi connectivity index (χ0) is 21.7. The lowest BCUT2D eigenvalue weighted by Crippen LogP contribution is -2.33. The van der Waals surface area contributed by atoms with Crippen LogP contribution in [0.25, 0.3) is 0 Å². The van der Waals surface area contributed by atoms with Crippen LogP contribution in [0, 0.1) is 16.0 Å². The summed E-state index contributed by atoms with van der Waals surface area (Å²) < 4.78 is 10.8. The highest BCUT2D eigenvalue weighted by Crippen LogP contribution is 2.33. The monoisotopic (exact) mass is 413 g/mol. The molecule has 0 atom stereocenters. The van der Waals surface area contributed by atoms with E-state index in [1.807, 2.05) is 11.8 Å². The Labute approximate surface area is 175 Å². The number of methoxy groups -OCH3 is 1. The fourth-order valence-corrected chi connectivity index (χ4v) is 3.54. The molecular weight excluding hydrogens is 386 g/mol. The van der Waals surface area contributed by atoms with Crippen LogP contribution in [-0.4, -0.2) is 37.6 Å². The van der Waals surface area contributed by atoms with Crippen molar-refractivity contribution in [3.05, 3.63) is 52.1 Å². The van der Waals surface area contributed by atoms with Crippen LogP contribution >= 0.6 is 0 Å². The predicted octanol–water partition coefficient (Wildman–Crippen LogP) is 4.49. The van der Waals surface area contributed by atoms with Gasteiger partial charge in [-0.3, -0.25) is 14.9 Å². The number of rotatable bonds is 7. The van der Waals surface area contributed by atoms with Crippen molar-refractivity contribution in [2.45, 2.75) is 26.7 Å². The molecule has 30 heavy (non-hydrogen) atoms. The molecule has 1 aliphatic heterocycles. The Balaban J connectivity index is 1.86. The van der Waals surface area contributed by atoms with E-state index in [2.05, 4.69) is 12.2 Å². The molecule has 0 spiro atoms. The Kier molecular flexibility index (Phi) is 6.76. The van der Waals surface area contributed by atoms with Crippen molar-refractivity contribution in [3.63, 3.8) is 0 Å². The van der Waals surface area contributed by atoms with Crippen LogP contribution in [0.1, 0.15) is 37.0 Å². The summed E-state index contributed by atoms with van der Waals surface area (Å²) in [5.41, 5.74) is 1.15. The smallest absolute Gasteiger partial charge is 0.293 e. The highest BCUT2D eigenvalue weighted by atomic mass is 16.6. The van der Waals surface area contributed by atoms with Crippen LogP contribution in [0.3, 0.4) is 0 Å². The number of nitrogens with one attached hydrogen (secondary N) is 1. The van der Waals surface area contributed by atoms with Crippen LogP contribution in [0.4, 0.5) is 17.1 Å². The lowest BCUT2D eigenvalue weighted by molar-refractivity contribution is -0.384. The van der Waals surface area contributed by atoms with Crippen LogP contribution in [-0.2, 0) is 0 Å². The number of hydrogen-bond donors (Lipinski definition) is 1. The lowest BCUT2D eigenvalue weighted by Gasteiger charge is -2.31. The van der Waals surface area contributed by atoms with Gasteiger partial charge in [-0.1, -0.05) is 6.92 Å². The maximum absolute atomic E-state index is 12.8. The largest absolute Gasteiger partial charge is 0.497 e. The molecule has 0 radical (unpaired) electrons. The Morgan fingerprint density at radius 1 is 1.23 bits per heavy atom. The maximum Gasteiger partial charge on any atom is 0.293 e. The molecule has 0 aliphatic carbocycles. The minimum atomic E-state index is -0.453. The predicted molar refractivity (Wildman–Crippen MR) is 116 cm³/mol. The van der Waals surface area contributed by atoms with Crippen LogP contribution in [0.5, 0.6) is 11.5 Å². The van der Waals surface area contributed by atoms with Crippen molar-refractivity contribution < 1.29 is 19.2 Å². The second kappa shape index (κ2) is 9.47. The van der Waals surface area contributed by atoms with Gasteiger partial charge in [0.05, 0.1) is 24.3 Å². The van der Waals surface area contributed by atoms with E-state index >= 15 is 0 Å². The summed E-state index contributed by atoms with van der Waals surface area (Å²) in [6.45, 7) is 6.02. The molecule has 1 N–H and O–H groups in total. The molecule has 2 aromatic carbocycles. The molecule has 2 aromatic rings. The third-order valence-corrected chi connectivity index (χ3v) is 5.29. The van der Waals surface area contributed by atoms with Gasteiger partial charge in [0.1, 0.15) is 17.2 Å². The summed E-state index contributed by atoms with van der Waals surface area (Å²) in [7, 11) is 1.53. The van der Waals surface area contributed by atoms with Gasteiger partial charge in [0.2, 0.25) is 0 Å². The van der Waals surface area contributed by atoms with Crippen molar-refractivity contribution in [2.75, 3.05) is 37.0 Å². The van der Waals surface area contributed by atoms with Gasteiger partial charge in [-0.2, -0.15) is 0 Å². The summed E-state index contributed by atoms with van der Waals surface area (Å²) in [6, 6.07) is 9.72. The molecule has 0 aromatic heterocycles. The summed E-state index contributed by atoms with van der Waals surface area (Å²) in [5.74, 6) is 1.23. The lowest BCUT2D eigenvalue weighted by atomic mass is 9.98. The molecule has 8 nitrogen and oxygen atoms in total. The molecule has 1 heterocycles. The first-order valence-corrected chi connectivity index (χ1v) is 10.1. The van der Waals surface area contributed by atoms with Gasteiger partial charge in [0.15, 0.2) is 0 Å². The van der Waals surface area contributed by atoms with Crippen LogP contribution in [0.2, 0.25) is 0 Å². The standard InChI is InChI=1S/C22H27N3O5/c1-4-30-21-8-6-17(29-3)14-18(21)23-22(26)16-5-7-19(20(13-16)25(27)28)24-11-9-15(2)10-12-24/h5-8,13-15H,4,9-12H2,1-3H3,(H,23,26). The number of anilines is 2. The summed E-state index contributed by atoms with van der Waals surface area (Å²) >= 11 is 0. The first-order valence-electron chi connectivity index (χ1n) is 10.1. The van der Waals surface area contributed by atoms with Crippen LogP contribution < -0.4 is 19.7 Å². The quantitative estimate of drug-likeness (QED) is 0.531. The number of nitro benzene ring substituents is 1. The summed E-state index contributed by atoms with van der Waals surface area (Å²) in [6.07, 6.45) is 1.99. The Morgan fingerprint density at radius 2 is 1.97 bits per heavy atom. The normalized spacial score (nSPS) is 14.3. The van der Waals surface area contributed by atoms with E-state index in [9.17, 15) is 14.9 Å². The number of piperidine rings is 1. The Bertz CT molecular complexity index is 923. The summed E-state index contributed by atoms with van der Waals surface area (Å²) in [4.78, 5) is 26.1. The second-order valence-electron chi connectivity index (χ2n) is 7.38. The zero-order valence-electron chi connectivity index (χ0n) is 17.5. The van der Waals surface area contributed by atoms with E-state index in [0.29, 0.717) is 35.4 Å². The van der Waals surface area contributed by atoms with Crippen LogP contribution in [0.15, 0.2) is 36.4 Å². The van der Waals surface area contributed by atoms with Crippen molar-refractivity contribution in [1.29, 1.82) is 0 Å². The number of hydrogen-bond acceptors (Lipinski definition) is 6. The molecule has 160 valence electrons. The molecule has 0 unspecified atom stereocenters. The third kappa shape index (κ3) is 4.82. The summed E-state index contributed by atoms with van der Waals surface area (Å²) in [5, 5.41) is 14.5. The van der Waals surface area contributed by atoms with Gasteiger partial charge in [-0.25, -0.2) is 0 Å². The number of ether oxygens (including phenoxy) is 2. The van der Waals surface area contributed by atoms with Crippen molar-refractivity contribution >= 4 is 23.0 Å². The molecule has 3 rings (SSSR count). The van der Waals surface area contributed by atoms with E-state index in [0.717, 1.165) is 25.9 Å². The molecule has 8 heteroatoms. The van der Waals surface area contributed by atoms with Gasteiger partial charge in [-0.05, 0) is 49.9 Å². The van der Waals surface area contributed by atoms with Crippen molar-refractivity contribution in [1.82, 2.24) is 0 Å². The Morgan fingerprint density at radius 3 is 2.60 bits per heavy atom. The van der Waals surface area contributed by atoms with E-state index in [-0.39, 0.29) is 11.3 Å². The second-order valence-corrected chi connectivity index (χ2v) is 7.38. The minimum absolute atomic E-state index is 0.0622. The average molecular weight is 413 g/mol. The SMILES string of the molecule is CCOc1ccc(OC)cc1NC(=O)c1ccc(N2CCC(C)CC2)c([N+](=O)[O-])c1. The van der Waals surface area contributed by atoms with Gasteiger partial charge in [0, 0.05) is 30.8 Å². The average Bonchev–Trinajstić information content (AvgIpc) is 2.75. The molecule has 0 saturated carbocycles. The van der Waals surface area contributed by atoms with Crippen molar-refractivity contribution in [3.8, 4) is 11.5 Å². The number of amides is 1. The molecule has 1 saturated heterocycles. The van der Waals surface area contributed by atoms with E-state index in [4.69, 9.17) is 9.47 Å². The molecular formula is C22H27N3O5. The maximum atomic E-state index is 12.8. The van der Waals surface area contributed by atoms with E-state index in [1.54, 1.807) is 30.3 Å². The highest BCUT2D eigenvalue weighted by molar-refractivity contribution is 6.06. The van der Waals surface area contributed by atoms with E-state index in [1.165, 1.54) is 13.2 Å². The molecule has 1 aliphatic rings. The number of carbonyl (C=O) groups excluding carboxylic acids is 1. The fourth-order valence-electron chi connectivity index (χ4n) is 3.54. The van der Waals surface area contributed by atoms with Crippen molar-refractivity contribution in [2.24, 2.45) is 5.92 Å².